The van der Waals surface area contributed by atoms with Crippen LogP contribution in [0.25, 0.3) is 0 Å². The molecule has 98 valence electrons. The zero-order valence-corrected chi connectivity index (χ0v) is 10.8. The van der Waals surface area contributed by atoms with Crippen molar-refractivity contribution in [2.75, 3.05) is 36.8 Å². The van der Waals surface area contributed by atoms with Crippen LogP contribution in [0.3, 0.4) is 0 Å². The van der Waals surface area contributed by atoms with Gasteiger partial charge in [-0.15, -0.1) is 0 Å². The number of nitrogens with one attached hydrogen (secondary N) is 1. The molecule has 2 heterocycles. The molecule has 1 aliphatic carbocycles. The molecule has 18 heavy (non-hydrogen) atoms. The van der Waals surface area contributed by atoms with Crippen molar-refractivity contribution < 1.29 is 0 Å². The Hall–Kier alpha value is -1.36. The molecule has 3 N–H and O–H groups in total. The number of anilines is 2. The number of nitrogen functional groups attached to an aromatic ring is 1. The molecule has 0 atom stereocenters. The second kappa shape index (κ2) is 5.10. The summed E-state index contributed by atoms with van der Waals surface area (Å²) < 4.78 is 0. The van der Waals surface area contributed by atoms with Crippen molar-refractivity contribution in [3.8, 4) is 0 Å². The minimum absolute atomic E-state index is 0.704. The van der Waals surface area contributed by atoms with Crippen molar-refractivity contribution in [3.63, 3.8) is 0 Å². The standard InChI is InChI=1S/C13H21N5/c14-12-10-4-2-1-3-5-11(10)16-13(17-12)18-8-6-15-7-9-18/h15H,1-9H2,(H2,14,16,17). The maximum Gasteiger partial charge on any atom is 0.227 e. The smallest absolute Gasteiger partial charge is 0.227 e. The molecule has 0 saturated carbocycles. The Morgan fingerprint density at radius 3 is 2.61 bits per heavy atom. The molecule has 0 radical (unpaired) electrons. The molecule has 2 aliphatic rings. The maximum absolute atomic E-state index is 6.12. The predicted molar refractivity (Wildman–Crippen MR) is 72.8 cm³/mol. The first-order valence-electron chi connectivity index (χ1n) is 6.95. The third kappa shape index (κ3) is 2.27. The first kappa shape index (κ1) is 11.7. The largest absolute Gasteiger partial charge is 0.383 e. The lowest BCUT2D eigenvalue weighted by Gasteiger charge is -2.28. The Bertz CT molecular complexity index is 426. The number of nitrogens with two attached hydrogens (primary N) is 1. The van der Waals surface area contributed by atoms with E-state index in [9.17, 15) is 0 Å². The van der Waals surface area contributed by atoms with Crippen LogP contribution in [0.15, 0.2) is 0 Å². The van der Waals surface area contributed by atoms with Gasteiger partial charge in [0, 0.05) is 31.7 Å². The highest BCUT2D eigenvalue weighted by Crippen LogP contribution is 2.25. The van der Waals surface area contributed by atoms with Crippen LogP contribution in [-0.2, 0) is 12.8 Å². The highest BCUT2D eigenvalue weighted by atomic mass is 15.3. The lowest BCUT2D eigenvalue weighted by molar-refractivity contribution is 0.578. The molecule has 1 fully saturated rings. The molecule has 3 rings (SSSR count). The summed E-state index contributed by atoms with van der Waals surface area (Å²) >= 11 is 0. The van der Waals surface area contributed by atoms with Gasteiger partial charge in [-0.3, -0.25) is 0 Å². The van der Waals surface area contributed by atoms with E-state index in [2.05, 4.69) is 15.2 Å². The second-order valence-corrected chi connectivity index (χ2v) is 5.13. The third-order valence-electron chi connectivity index (χ3n) is 3.85. The third-order valence-corrected chi connectivity index (χ3v) is 3.85. The van der Waals surface area contributed by atoms with Crippen LogP contribution < -0.4 is 16.0 Å². The van der Waals surface area contributed by atoms with E-state index in [4.69, 9.17) is 10.7 Å². The summed E-state index contributed by atoms with van der Waals surface area (Å²) in [4.78, 5) is 11.5. The monoisotopic (exact) mass is 247 g/mol. The molecule has 1 aromatic heterocycles. The molecule has 0 aromatic carbocycles. The van der Waals surface area contributed by atoms with Crippen LogP contribution in [0.1, 0.15) is 30.5 Å². The average molecular weight is 247 g/mol. The highest BCUT2D eigenvalue weighted by Gasteiger charge is 2.19. The van der Waals surface area contributed by atoms with Gasteiger partial charge in [-0.25, -0.2) is 4.98 Å². The molecule has 1 aliphatic heterocycles. The van der Waals surface area contributed by atoms with Gasteiger partial charge in [0.25, 0.3) is 0 Å². The number of rotatable bonds is 1. The van der Waals surface area contributed by atoms with Gasteiger partial charge in [0.05, 0.1) is 5.69 Å². The molecule has 0 bridgehead atoms. The molecule has 0 amide bonds. The van der Waals surface area contributed by atoms with E-state index < -0.39 is 0 Å². The first-order valence-corrected chi connectivity index (χ1v) is 6.95. The van der Waals surface area contributed by atoms with Crippen LogP contribution in [0.2, 0.25) is 0 Å². The summed E-state index contributed by atoms with van der Waals surface area (Å²) in [5.41, 5.74) is 8.51. The van der Waals surface area contributed by atoms with Crippen molar-refractivity contribution in [1.29, 1.82) is 0 Å². The van der Waals surface area contributed by atoms with Crippen molar-refractivity contribution >= 4 is 11.8 Å². The number of aromatic nitrogens is 2. The zero-order valence-electron chi connectivity index (χ0n) is 10.8. The summed E-state index contributed by atoms with van der Waals surface area (Å²) in [6, 6.07) is 0. The van der Waals surface area contributed by atoms with Gasteiger partial charge < -0.3 is 16.0 Å². The minimum atomic E-state index is 0.704. The predicted octanol–water partition coefficient (Wildman–Crippen LogP) is 0.737. The van der Waals surface area contributed by atoms with E-state index in [0.717, 1.165) is 45.0 Å². The van der Waals surface area contributed by atoms with E-state index in [1.807, 2.05) is 0 Å². The van der Waals surface area contributed by atoms with Crippen LogP contribution in [-0.4, -0.2) is 36.1 Å². The topological polar surface area (TPSA) is 67.1 Å². The fraction of sp³-hybridized carbons (Fsp3) is 0.692. The number of nitrogens with zero attached hydrogens (tertiary/aromatic N) is 3. The Labute approximate surface area is 108 Å². The first-order chi connectivity index (χ1) is 8.84. The number of piperazine rings is 1. The summed E-state index contributed by atoms with van der Waals surface area (Å²) in [7, 11) is 0. The van der Waals surface area contributed by atoms with Gasteiger partial charge in [-0.05, 0) is 25.7 Å². The van der Waals surface area contributed by atoms with Crippen LogP contribution in [0.4, 0.5) is 11.8 Å². The lowest BCUT2D eigenvalue weighted by Crippen LogP contribution is -2.44. The van der Waals surface area contributed by atoms with Gasteiger partial charge in [-0.2, -0.15) is 4.98 Å². The van der Waals surface area contributed by atoms with Gasteiger partial charge in [0.15, 0.2) is 0 Å². The summed E-state index contributed by atoms with van der Waals surface area (Å²) in [5.74, 6) is 1.53. The summed E-state index contributed by atoms with van der Waals surface area (Å²) in [6.07, 6.45) is 5.82. The number of fused-ring (bicyclic) bond motifs is 1. The average Bonchev–Trinajstić information content (AvgIpc) is 2.65. The minimum Gasteiger partial charge on any atom is -0.383 e. The molecule has 5 nitrogen and oxygen atoms in total. The molecule has 1 saturated heterocycles. The van der Waals surface area contributed by atoms with Crippen LogP contribution >= 0.6 is 0 Å². The number of aryl methyl sites for hydroxylation is 1. The van der Waals surface area contributed by atoms with E-state index in [1.54, 1.807) is 0 Å². The van der Waals surface area contributed by atoms with Gasteiger partial charge >= 0.3 is 0 Å². The fourth-order valence-electron chi connectivity index (χ4n) is 2.79. The van der Waals surface area contributed by atoms with E-state index >= 15 is 0 Å². The molecule has 5 heteroatoms. The molecule has 0 spiro atoms. The Morgan fingerprint density at radius 1 is 1.00 bits per heavy atom. The maximum atomic E-state index is 6.12. The van der Waals surface area contributed by atoms with Crippen molar-refractivity contribution in [2.24, 2.45) is 0 Å². The van der Waals surface area contributed by atoms with Crippen molar-refractivity contribution in [3.05, 3.63) is 11.3 Å². The highest BCUT2D eigenvalue weighted by molar-refractivity contribution is 5.49. The quantitative estimate of drug-likeness (QED) is 0.716. The molecule has 0 unspecified atom stereocenters. The normalized spacial score (nSPS) is 20.3. The van der Waals surface area contributed by atoms with Crippen molar-refractivity contribution in [2.45, 2.75) is 32.1 Å². The van der Waals surface area contributed by atoms with Gasteiger partial charge in [0.2, 0.25) is 5.95 Å². The van der Waals surface area contributed by atoms with E-state index in [-0.39, 0.29) is 0 Å². The summed E-state index contributed by atoms with van der Waals surface area (Å²) in [5, 5.41) is 3.34. The Morgan fingerprint density at radius 2 is 1.78 bits per heavy atom. The zero-order chi connectivity index (χ0) is 12.4. The van der Waals surface area contributed by atoms with Crippen molar-refractivity contribution in [1.82, 2.24) is 15.3 Å². The van der Waals surface area contributed by atoms with E-state index in [0.29, 0.717) is 5.82 Å². The molecular formula is C13H21N5. The summed E-state index contributed by atoms with van der Waals surface area (Å²) in [6.45, 7) is 3.94. The van der Waals surface area contributed by atoms with Gasteiger partial charge in [-0.1, -0.05) is 6.42 Å². The lowest BCUT2D eigenvalue weighted by atomic mass is 10.1. The fourth-order valence-corrected chi connectivity index (χ4v) is 2.79. The number of hydrogen-bond donors (Lipinski definition) is 2. The van der Waals surface area contributed by atoms with Gasteiger partial charge in [0.1, 0.15) is 5.82 Å². The van der Waals surface area contributed by atoms with Crippen LogP contribution in [0, 0.1) is 0 Å². The number of hydrogen-bond acceptors (Lipinski definition) is 5. The van der Waals surface area contributed by atoms with E-state index in [1.165, 1.54) is 30.5 Å². The Kier molecular flexibility index (Phi) is 3.32. The second-order valence-electron chi connectivity index (χ2n) is 5.13. The van der Waals surface area contributed by atoms with Crippen LogP contribution in [0.5, 0.6) is 0 Å². The molecule has 1 aromatic rings. The Balaban J connectivity index is 1.91. The SMILES string of the molecule is Nc1nc(N2CCNCC2)nc2c1CCCCC2. The molecular weight excluding hydrogens is 226 g/mol.